The Morgan fingerprint density at radius 1 is 0.806 bits per heavy atom. The first-order valence-corrected chi connectivity index (χ1v) is 26.5. The van der Waals surface area contributed by atoms with Gasteiger partial charge in [-0.1, -0.05) is 91.5 Å². The molecule has 1 fully saturated rings. The van der Waals surface area contributed by atoms with Crippen molar-refractivity contribution < 1.29 is 48.3 Å². The fourth-order valence-electron chi connectivity index (χ4n) is 9.50. The molecule has 12 N–H and O–H groups in total. The number of aliphatic hydroxyl groups excluding tert-OH is 2. The van der Waals surface area contributed by atoms with Gasteiger partial charge in [-0.25, -0.2) is 4.98 Å². The molecular formula is C53H83IN8O10. The van der Waals surface area contributed by atoms with Gasteiger partial charge in [0.2, 0.25) is 5.91 Å². The van der Waals surface area contributed by atoms with Crippen LogP contribution in [0.1, 0.15) is 113 Å². The van der Waals surface area contributed by atoms with Crippen LogP contribution in [0.5, 0.6) is 17.2 Å². The molecule has 72 heavy (non-hydrogen) atoms. The molecule has 1 saturated carbocycles. The van der Waals surface area contributed by atoms with Gasteiger partial charge in [0, 0.05) is 12.0 Å². The zero-order valence-corrected chi connectivity index (χ0v) is 46.2. The number of nitrogens with zero attached hydrogens (tertiary/aromatic N) is 1. The third-order valence-electron chi connectivity index (χ3n) is 14.4. The van der Waals surface area contributed by atoms with Gasteiger partial charge < -0.3 is 51.7 Å². The first-order valence-electron chi connectivity index (χ1n) is 25.5. The van der Waals surface area contributed by atoms with E-state index in [0.29, 0.717) is 56.0 Å². The Labute approximate surface area is 439 Å². The second-order valence-corrected chi connectivity index (χ2v) is 20.8. The van der Waals surface area contributed by atoms with Crippen molar-refractivity contribution in [1.82, 2.24) is 26.3 Å². The minimum absolute atomic E-state index is 0.0270. The van der Waals surface area contributed by atoms with Crippen LogP contribution in [0.25, 0.3) is 10.8 Å². The zero-order chi connectivity index (χ0) is 53.4. The van der Waals surface area contributed by atoms with Crippen LogP contribution in [0.3, 0.4) is 0 Å². The maximum atomic E-state index is 15.5. The molecule has 1 aromatic heterocycles. The molecule has 1 aliphatic carbocycles. The molecule has 4 rings (SSSR count). The first-order chi connectivity index (χ1) is 34.2. The number of halogens is 1. The third kappa shape index (κ3) is 15.2. The molecule has 1 heterocycles. The lowest BCUT2D eigenvalue weighted by Gasteiger charge is -2.39. The maximum absolute atomic E-state index is 15.5. The Hall–Kier alpha value is -3.74. The number of ether oxygens (including phenoxy) is 4. The molecule has 0 saturated heterocycles. The number of Topliss-reactive ketones (excluding diaryl/α,β-unsaturated/α-hetero) is 3. The van der Waals surface area contributed by atoms with Gasteiger partial charge in [-0.15, -0.1) is 0 Å². The monoisotopic (exact) mass is 1120 g/mol. The number of aromatic nitrogens is 1. The highest BCUT2D eigenvalue weighted by Gasteiger charge is 2.46. The van der Waals surface area contributed by atoms with Crippen molar-refractivity contribution in [1.29, 1.82) is 0 Å². The van der Waals surface area contributed by atoms with Crippen LogP contribution in [-0.4, -0.2) is 129 Å². The van der Waals surface area contributed by atoms with E-state index in [-0.39, 0.29) is 69.6 Å². The lowest BCUT2D eigenvalue weighted by Crippen LogP contribution is -2.66. The quantitative estimate of drug-likeness (QED) is 0.0138. The average Bonchev–Trinajstić information content (AvgIpc) is 3.37. The zero-order valence-electron chi connectivity index (χ0n) is 44.0. The molecule has 0 radical (unpaired) electrons. The molecule has 1 amide bonds. The number of likely N-dealkylation sites (N-methyl/N-ethyl adjacent to an activating group) is 3. The summed E-state index contributed by atoms with van der Waals surface area (Å²) in [5, 5.41) is 38.0. The summed E-state index contributed by atoms with van der Waals surface area (Å²) in [5.41, 5.74) is 19.3. The first kappa shape index (κ1) is 60.8. The van der Waals surface area contributed by atoms with Crippen LogP contribution in [0, 0.1) is 39.2 Å². The Bertz CT molecular complexity index is 2240. The molecule has 402 valence electrons. The lowest BCUT2D eigenvalue weighted by molar-refractivity contribution is -0.131. The Morgan fingerprint density at radius 2 is 1.40 bits per heavy atom. The largest absolute Gasteiger partial charge is 0.490 e. The van der Waals surface area contributed by atoms with Gasteiger partial charge in [0.15, 0.2) is 23.1 Å². The lowest BCUT2D eigenvalue weighted by atomic mass is 9.69. The van der Waals surface area contributed by atoms with Crippen LogP contribution < -0.4 is 47.9 Å². The topological polar surface area (TPSA) is 285 Å². The van der Waals surface area contributed by atoms with E-state index < -0.39 is 71.3 Å². The normalized spacial score (nSPS) is 17.0. The number of ketones is 3. The molecule has 0 spiro atoms. The second-order valence-electron chi connectivity index (χ2n) is 19.8. The highest BCUT2D eigenvalue weighted by atomic mass is 127. The van der Waals surface area contributed by atoms with E-state index in [1.54, 1.807) is 32.0 Å². The highest BCUT2D eigenvalue weighted by Crippen LogP contribution is 2.42. The van der Waals surface area contributed by atoms with Crippen molar-refractivity contribution in [3.63, 3.8) is 0 Å². The number of pyridine rings is 1. The molecule has 2 aromatic carbocycles. The van der Waals surface area contributed by atoms with Crippen molar-refractivity contribution in [3.8, 4) is 17.2 Å². The molecule has 8 atom stereocenters. The van der Waals surface area contributed by atoms with Crippen molar-refractivity contribution in [3.05, 3.63) is 56.9 Å². The van der Waals surface area contributed by atoms with Gasteiger partial charge in [0.1, 0.15) is 27.6 Å². The molecule has 3 aromatic rings. The number of hydrogen-bond donors (Lipinski definition) is 9. The van der Waals surface area contributed by atoms with Crippen LogP contribution in [-0.2, 0) is 25.6 Å². The van der Waals surface area contributed by atoms with E-state index in [1.807, 2.05) is 89.6 Å². The number of carbonyl (C=O) groups is 4. The van der Waals surface area contributed by atoms with E-state index in [9.17, 15) is 24.6 Å². The van der Waals surface area contributed by atoms with E-state index in [4.69, 9.17) is 41.1 Å². The van der Waals surface area contributed by atoms with Crippen molar-refractivity contribution in [2.24, 2.45) is 52.7 Å². The van der Waals surface area contributed by atoms with Crippen LogP contribution in [0.4, 0.5) is 0 Å². The molecule has 1 aliphatic rings. The van der Waals surface area contributed by atoms with Crippen LogP contribution in [0.15, 0.2) is 36.4 Å². The predicted octanol–water partition coefficient (Wildman–Crippen LogP) is 4.80. The van der Waals surface area contributed by atoms with Crippen molar-refractivity contribution in [2.45, 2.75) is 130 Å². The second kappa shape index (κ2) is 28.8. The maximum Gasteiger partial charge on any atom is 0.237 e. The summed E-state index contributed by atoms with van der Waals surface area (Å²) in [4.78, 5) is 62.1. The van der Waals surface area contributed by atoms with Crippen LogP contribution >= 0.6 is 22.6 Å². The molecule has 5 unspecified atom stereocenters. The van der Waals surface area contributed by atoms with Crippen molar-refractivity contribution in [2.75, 3.05) is 54.2 Å². The van der Waals surface area contributed by atoms with E-state index >= 15 is 4.79 Å². The predicted molar refractivity (Wildman–Crippen MR) is 288 cm³/mol. The molecule has 0 aliphatic heterocycles. The smallest absolute Gasteiger partial charge is 0.237 e. The Balaban J connectivity index is 1.77. The fourth-order valence-corrected chi connectivity index (χ4v) is 10.2. The molecule has 19 heteroatoms. The number of nitrogens with two attached hydrogens (primary N) is 3. The number of nitrogens with one attached hydrogen (secondary N) is 4. The number of benzene rings is 2. The SMILES string of the molecule is CC[C@@H](C)[C@H](N)C(=O)NCc1nc(I)c(Oc2cccc3cccc(OCCOCCOCC(NC)(NC)NC)c23)c(C(C)=O)c1C(=O)C(C(C)C)C(O)C(O)C(N)C(C(=O)[C@@H](N)C(C)C)C1CCCCC1. The summed E-state index contributed by atoms with van der Waals surface area (Å²) in [6.07, 6.45) is 1.27. The minimum Gasteiger partial charge on any atom is -0.490 e. The summed E-state index contributed by atoms with van der Waals surface area (Å²) in [5.74, 6) is -5.38. The summed E-state index contributed by atoms with van der Waals surface area (Å²) < 4.78 is 24.8. The Kier molecular flexibility index (Phi) is 24.3. The van der Waals surface area contributed by atoms with E-state index in [2.05, 4.69) is 21.3 Å². The summed E-state index contributed by atoms with van der Waals surface area (Å²) >= 11 is 1.94. The molecular weight excluding hydrogens is 1040 g/mol. The standard InChI is InChI=1S/C53H83IN8O10/c1-11-31(6)44(56)52(68)61-27-35-42(46(64)38(29(2)3)48(66)49(67)45(57)41(34-17-13-12-14-18-34)47(65)43(55)30(4)5)39(32(7)63)50(51(54)62-35)72-37-22-16-20-33-19-15-21-36(40(33)37)71-26-25-69-23-24-70-28-53(58-8,59-9)60-10/h15-16,19-22,29-31,34,38,41,43-45,48-49,58-60,66-67H,11-14,17-18,23-28,55-57H2,1-10H3,(H,61,68)/t31-,38?,41?,43+,44+,45?,48?,49?/m1/s1. The van der Waals surface area contributed by atoms with Gasteiger partial charge in [-0.2, -0.15) is 0 Å². The van der Waals surface area contributed by atoms with Gasteiger partial charge in [-0.3, -0.25) is 35.1 Å². The van der Waals surface area contributed by atoms with Gasteiger partial charge in [0.05, 0.1) is 85.4 Å². The minimum atomic E-state index is -1.81. The number of aliphatic hydroxyl groups is 2. The number of carbonyl (C=O) groups excluding carboxylic acids is 4. The average molecular weight is 1120 g/mol. The van der Waals surface area contributed by atoms with E-state index in [0.717, 1.165) is 24.6 Å². The van der Waals surface area contributed by atoms with Crippen LogP contribution in [0.2, 0.25) is 0 Å². The summed E-state index contributed by atoms with van der Waals surface area (Å²) in [6.45, 7) is 13.4. The van der Waals surface area contributed by atoms with Gasteiger partial charge in [0.25, 0.3) is 0 Å². The van der Waals surface area contributed by atoms with Gasteiger partial charge >= 0.3 is 0 Å². The third-order valence-corrected chi connectivity index (χ3v) is 15.1. The van der Waals surface area contributed by atoms with E-state index in [1.165, 1.54) is 6.92 Å². The number of fused-ring (bicyclic) bond motifs is 1. The summed E-state index contributed by atoms with van der Waals surface area (Å²) in [7, 11) is 5.47. The summed E-state index contributed by atoms with van der Waals surface area (Å²) in [6, 6.07) is 7.91. The molecule has 18 nitrogen and oxygen atoms in total. The highest BCUT2D eigenvalue weighted by molar-refractivity contribution is 14.1. The Morgan fingerprint density at radius 3 is 1.97 bits per heavy atom. The number of rotatable bonds is 31. The van der Waals surface area contributed by atoms with Crippen molar-refractivity contribution >= 4 is 56.6 Å². The van der Waals surface area contributed by atoms with Gasteiger partial charge in [-0.05, 0) is 105 Å². The molecule has 0 bridgehead atoms. The number of amides is 1. The fraction of sp³-hybridized carbons (Fsp3) is 0.642. The number of hydrogen-bond acceptors (Lipinski definition) is 17.